The van der Waals surface area contributed by atoms with Crippen LogP contribution in [0.5, 0.6) is 11.5 Å². The number of ether oxygens (including phenoxy) is 2. The van der Waals surface area contributed by atoms with Crippen molar-refractivity contribution in [3.05, 3.63) is 64.4 Å². The van der Waals surface area contributed by atoms with Gasteiger partial charge < -0.3 is 19.2 Å². The van der Waals surface area contributed by atoms with E-state index in [0.717, 1.165) is 35.6 Å². The molecule has 0 saturated carbocycles. The molecule has 0 unspecified atom stereocenters. The Labute approximate surface area is 193 Å². The average Bonchev–Trinajstić information content (AvgIpc) is 3.50. The van der Waals surface area contributed by atoms with Crippen LogP contribution in [-0.4, -0.2) is 38.1 Å². The van der Waals surface area contributed by atoms with Crippen molar-refractivity contribution in [1.82, 2.24) is 4.90 Å². The third kappa shape index (κ3) is 4.69. The zero-order valence-corrected chi connectivity index (χ0v) is 19.7. The summed E-state index contributed by atoms with van der Waals surface area (Å²) in [6.45, 7) is 4.17. The molecule has 3 aromatic rings. The molecule has 1 atom stereocenters. The van der Waals surface area contributed by atoms with Crippen LogP contribution in [0.25, 0.3) is 0 Å². The third-order valence-corrected chi connectivity index (χ3v) is 7.12. The number of carbonyl (C=O) groups excluding carboxylic acids is 1. The monoisotopic (exact) mass is 454 g/mol. The van der Waals surface area contributed by atoms with E-state index in [2.05, 4.69) is 35.3 Å². The van der Waals surface area contributed by atoms with E-state index in [0.29, 0.717) is 17.3 Å². The molecular weight excluding hydrogens is 424 g/mol. The van der Waals surface area contributed by atoms with E-state index >= 15 is 0 Å². The molecule has 4 rings (SSSR count). The molecule has 1 fully saturated rings. The van der Waals surface area contributed by atoms with Gasteiger partial charge in [0.25, 0.3) is 5.91 Å². The zero-order chi connectivity index (χ0) is 22.5. The number of thiophene rings is 1. The van der Waals surface area contributed by atoms with Crippen molar-refractivity contribution >= 4 is 22.2 Å². The first-order chi connectivity index (χ1) is 15.6. The summed E-state index contributed by atoms with van der Waals surface area (Å²) >= 11 is 1.63. The minimum absolute atomic E-state index is 0.0126. The fourth-order valence-corrected chi connectivity index (χ4v) is 5.32. The molecule has 3 heterocycles. The van der Waals surface area contributed by atoms with E-state index in [1.54, 1.807) is 37.7 Å². The number of rotatable bonds is 8. The van der Waals surface area contributed by atoms with Crippen LogP contribution in [0.2, 0.25) is 0 Å². The minimum Gasteiger partial charge on any atom is -0.493 e. The van der Waals surface area contributed by atoms with Gasteiger partial charge in [-0.3, -0.25) is 9.69 Å². The van der Waals surface area contributed by atoms with E-state index in [9.17, 15) is 4.79 Å². The number of nitrogens with zero attached hydrogens (tertiary/aromatic N) is 1. The van der Waals surface area contributed by atoms with Crippen LogP contribution in [0.3, 0.4) is 0 Å². The summed E-state index contributed by atoms with van der Waals surface area (Å²) in [4.78, 5) is 16.5. The summed E-state index contributed by atoms with van der Waals surface area (Å²) in [7, 11) is 3.31. The number of piperidine rings is 1. The highest BCUT2D eigenvalue weighted by Gasteiger charge is 2.29. The quantitative estimate of drug-likeness (QED) is 0.470. The molecule has 1 saturated heterocycles. The molecule has 170 valence electrons. The summed E-state index contributed by atoms with van der Waals surface area (Å²) in [6.07, 6.45) is 6.02. The first-order valence-electron chi connectivity index (χ1n) is 11.1. The van der Waals surface area contributed by atoms with Crippen molar-refractivity contribution in [1.29, 1.82) is 0 Å². The van der Waals surface area contributed by atoms with Gasteiger partial charge >= 0.3 is 0 Å². The summed E-state index contributed by atoms with van der Waals surface area (Å²) in [6, 6.07) is 11.8. The van der Waals surface area contributed by atoms with E-state index in [1.807, 2.05) is 6.07 Å². The first kappa shape index (κ1) is 22.4. The topological polar surface area (TPSA) is 63.9 Å². The van der Waals surface area contributed by atoms with Crippen molar-refractivity contribution in [3.8, 4) is 11.5 Å². The number of aryl methyl sites for hydroxylation is 1. The normalized spacial score (nSPS) is 15.3. The van der Waals surface area contributed by atoms with Gasteiger partial charge in [0.05, 0.1) is 26.5 Å². The maximum atomic E-state index is 12.8. The number of methoxy groups -OCH3 is 2. The van der Waals surface area contributed by atoms with Crippen molar-refractivity contribution in [2.45, 2.75) is 38.6 Å². The maximum absolute atomic E-state index is 12.8. The van der Waals surface area contributed by atoms with Crippen LogP contribution < -0.4 is 14.8 Å². The lowest BCUT2D eigenvalue weighted by Crippen LogP contribution is -2.34. The average molecular weight is 455 g/mol. The lowest BCUT2D eigenvalue weighted by molar-refractivity contribution is 0.0996. The summed E-state index contributed by atoms with van der Waals surface area (Å²) in [5, 5.41) is 3.98. The molecule has 0 bridgehead atoms. The number of anilines is 1. The molecule has 0 spiro atoms. The fraction of sp³-hybridized carbons (Fsp3) is 0.400. The van der Waals surface area contributed by atoms with Gasteiger partial charge in [0.15, 0.2) is 17.3 Å². The number of hydrogen-bond acceptors (Lipinski definition) is 6. The fourth-order valence-electron chi connectivity index (χ4n) is 4.29. The number of benzene rings is 1. The van der Waals surface area contributed by atoms with Gasteiger partial charge in [-0.2, -0.15) is 0 Å². The molecule has 1 aliphatic rings. The lowest BCUT2D eigenvalue weighted by atomic mass is 9.95. The van der Waals surface area contributed by atoms with Crippen LogP contribution in [0.15, 0.2) is 47.1 Å². The van der Waals surface area contributed by atoms with Crippen LogP contribution in [0.4, 0.5) is 5.00 Å². The van der Waals surface area contributed by atoms with Crippen LogP contribution in [-0.2, 0) is 6.42 Å². The number of furan rings is 1. The largest absolute Gasteiger partial charge is 0.493 e. The van der Waals surface area contributed by atoms with E-state index in [-0.39, 0.29) is 11.9 Å². The van der Waals surface area contributed by atoms with E-state index in [1.165, 1.54) is 30.4 Å². The standard InChI is InChI=1S/C25H30N2O4S/c1-4-18-16-19(25(32-18)26-24(28)21-9-8-14-31-21)23(27-12-6-5-7-13-27)17-10-11-20(29-2)22(15-17)30-3/h8-11,14-16,23H,4-7,12-13H2,1-3H3,(H,26,28)/t23-/m0/s1. The third-order valence-electron chi connectivity index (χ3n) is 5.91. The zero-order valence-electron chi connectivity index (χ0n) is 18.8. The van der Waals surface area contributed by atoms with Gasteiger partial charge in [-0.05, 0) is 68.2 Å². The molecule has 1 amide bonds. The second kappa shape index (κ2) is 10.2. The molecule has 6 nitrogen and oxygen atoms in total. The van der Waals surface area contributed by atoms with Crippen LogP contribution in [0.1, 0.15) is 58.8 Å². The maximum Gasteiger partial charge on any atom is 0.291 e. The Morgan fingerprint density at radius 3 is 2.56 bits per heavy atom. The van der Waals surface area contributed by atoms with Crippen molar-refractivity contribution < 1.29 is 18.7 Å². The van der Waals surface area contributed by atoms with E-state index < -0.39 is 0 Å². The SMILES string of the molecule is CCc1cc([C@H](c2ccc(OC)c(OC)c2)N2CCCCC2)c(NC(=O)c2ccco2)s1. The Morgan fingerprint density at radius 1 is 1.12 bits per heavy atom. The van der Waals surface area contributed by atoms with Gasteiger partial charge in [-0.1, -0.05) is 19.4 Å². The van der Waals surface area contributed by atoms with Gasteiger partial charge in [0, 0.05) is 10.4 Å². The summed E-state index contributed by atoms with van der Waals surface area (Å²) in [5.41, 5.74) is 2.24. The molecule has 7 heteroatoms. The Morgan fingerprint density at radius 2 is 1.91 bits per heavy atom. The first-order valence-corrected chi connectivity index (χ1v) is 11.9. The highest BCUT2D eigenvalue weighted by molar-refractivity contribution is 7.16. The molecule has 0 aliphatic carbocycles. The number of nitrogens with one attached hydrogen (secondary N) is 1. The van der Waals surface area contributed by atoms with Gasteiger partial charge in [0.1, 0.15) is 5.00 Å². The molecule has 32 heavy (non-hydrogen) atoms. The minimum atomic E-state index is -0.231. The Bertz CT molecular complexity index is 1040. The van der Waals surface area contributed by atoms with E-state index in [4.69, 9.17) is 13.9 Å². The summed E-state index contributed by atoms with van der Waals surface area (Å²) < 4.78 is 16.4. The van der Waals surface area contributed by atoms with Gasteiger partial charge in [-0.15, -0.1) is 11.3 Å². The second-order valence-corrected chi connectivity index (χ2v) is 9.03. The predicted molar refractivity (Wildman–Crippen MR) is 127 cm³/mol. The summed E-state index contributed by atoms with van der Waals surface area (Å²) in [5.74, 6) is 1.49. The van der Waals surface area contributed by atoms with Crippen LogP contribution >= 0.6 is 11.3 Å². The van der Waals surface area contributed by atoms with Crippen LogP contribution in [0, 0.1) is 0 Å². The Kier molecular flexibility index (Phi) is 7.17. The molecule has 2 aromatic heterocycles. The number of likely N-dealkylation sites (tertiary alicyclic amines) is 1. The van der Waals surface area contributed by atoms with Gasteiger partial charge in [0.2, 0.25) is 0 Å². The highest BCUT2D eigenvalue weighted by Crippen LogP contribution is 2.42. The molecule has 1 N–H and O–H groups in total. The Hall–Kier alpha value is -2.77. The highest BCUT2D eigenvalue weighted by atomic mass is 32.1. The van der Waals surface area contributed by atoms with Crippen molar-refractivity contribution in [3.63, 3.8) is 0 Å². The molecular formula is C25H30N2O4S. The number of amides is 1. The predicted octanol–water partition coefficient (Wildman–Crippen LogP) is 5.75. The van der Waals surface area contributed by atoms with Gasteiger partial charge in [-0.25, -0.2) is 0 Å². The Balaban J connectivity index is 1.77. The second-order valence-electron chi connectivity index (χ2n) is 7.90. The lowest BCUT2D eigenvalue weighted by Gasteiger charge is -2.35. The molecule has 1 aliphatic heterocycles. The van der Waals surface area contributed by atoms with Crippen molar-refractivity contribution in [2.24, 2.45) is 0 Å². The van der Waals surface area contributed by atoms with Crippen molar-refractivity contribution in [2.75, 3.05) is 32.6 Å². The number of hydrogen-bond donors (Lipinski definition) is 1. The molecule has 1 aromatic carbocycles. The number of carbonyl (C=O) groups is 1. The smallest absolute Gasteiger partial charge is 0.291 e. The molecule has 0 radical (unpaired) electrons.